The molecule has 2 aromatic carbocycles. The summed E-state index contributed by atoms with van der Waals surface area (Å²) in [5, 5.41) is 22.2. The van der Waals surface area contributed by atoms with E-state index in [1.54, 1.807) is 19.1 Å². The smallest absolute Gasteiger partial charge is 0.273 e. The number of carbonyl (C=O) groups is 1. The lowest BCUT2D eigenvalue weighted by molar-refractivity contribution is -0.384. The highest BCUT2D eigenvalue weighted by molar-refractivity contribution is 5.93. The minimum Gasteiger partial charge on any atom is -0.350 e. The summed E-state index contributed by atoms with van der Waals surface area (Å²) in [6.07, 6.45) is 4.37. The predicted molar refractivity (Wildman–Crippen MR) is 112 cm³/mol. The van der Waals surface area contributed by atoms with E-state index in [1.807, 2.05) is 18.2 Å². The van der Waals surface area contributed by atoms with Crippen LogP contribution in [-0.2, 0) is 5.41 Å². The summed E-state index contributed by atoms with van der Waals surface area (Å²) in [5.74, 6) is -0.286. The van der Waals surface area contributed by atoms with Gasteiger partial charge >= 0.3 is 0 Å². The van der Waals surface area contributed by atoms with Gasteiger partial charge in [-0.2, -0.15) is 0 Å². The van der Waals surface area contributed by atoms with Gasteiger partial charge in [0.2, 0.25) is 0 Å². The Bertz CT molecular complexity index is 1070. The van der Waals surface area contributed by atoms with Crippen LogP contribution in [0.4, 0.5) is 5.69 Å². The normalized spacial score (nSPS) is 15.1. The van der Waals surface area contributed by atoms with Gasteiger partial charge in [0.1, 0.15) is 0 Å². The Balaban J connectivity index is 1.53. The number of benzene rings is 2. The number of hydrogen-bond donors (Lipinski definition) is 1. The third kappa shape index (κ3) is 3.68. The first-order valence-electron chi connectivity index (χ1n) is 10.0. The molecule has 1 fully saturated rings. The first-order valence-corrected chi connectivity index (χ1v) is 10.0. The zero-order valence-corrected chi connectivity index (χ0v) is 16.7. The maximum atomic E-state index is 12.9. The van der Waals surface area contributed by atoms with E-state index in [1.165, 1.54) is 22.4 Å². The first-order chi connectivity index (χ1) is 14.5. The molecule has 1 aliphatic carbocycles. The Morgan fingerprint density at radius 3 is 2.60 bits per heavy atom. The molecule has 3 aromatic rings. The van der Waals surface area contributed by atoms with E-state index in [2.05, 4.69) is 27.8 Å². The molecule has 0 radical (unpaired) electrons. The van der Waals surface area contributed by atoms with Crippen molar-refractivity contribution in [3.63, 3.8) is 0 Å². The van der Waals surface area contributed by atoms with Crippen LogP contribution in [0.5, 0.6) is 0 Å². The van der Waals surface area contributed by atoms with Crippen molar-refractivity contribution in [1.29, 1.82) is 0 Å². The highest BCUT2D eigenvalue weighted by Crippen LogP contribution is 2.40. The first kappa shape index (κ1) is 19.8. The Labute approximate surface area is 174 Å². The van der Waals surface area contributed by atoms with Crippen molar-refractivity contribution in [2.24, 2.45) is 0 Å². The zero-order valence-electron chi connectivity index (χ0n) is 16.7. The van der Waals surface area contributed by atoms with Gasteiger partial charge in [0.25, 0.3) is 11.6 Å². The molecule has 0 saturated heterocycles. The van der Waals surface area contributed by atoms with Crippen LogP contribution < -0.4 is 5.32 Å². The second-order valence-corrected chi connectivity index (χ2v) is 7.75. The standard InChI is InChI=1S/C22H23N5O3/c1-16-20(24-25-26(16)18-10-7-11-19(14-18)27(29)30)21(28)23-15-22(12-5-6-13-22)17-8-3-2-4-9-17/h2-4,7-11,14H,5-6,12-13,15H2,1H3,(H,23,28). The van der Waals surface area contributed by atoms with Crippen molar-refractivity contribution in [2.75, 3.05) is 6.54 Å². The summed E-state index contributed by atoms with van der Waals surface area (Å²) in [6, 6.07) is 16.4. The third-order valence-corrected chi connectivity index (χ3v) is 5.93. The molecule has 0 spiro atoms. The van der Waals surface area contributed by atoms with Gasteiger partial charge < -0.3 is 5.32 Å². The molecule has 8 heteroatoms. The van der Waals surface area contributed by atoms with Crippen molar-refractivity contribution in [2.45, 2.75) is 38.0 Å². The number of nitro benzene ring substituents is 1. The molecule has 0 bridgehead atoms. The molecule has 1 aromatic heterocycles. The second kappa shape index (κ2) is 8.06. The van der Waals surface area contributed by atoms with Gasteiger partial charge in [-0.05, 0) is 31.4 Å². The molecule has 30 heavy (non-hydrogen) atoms. The molecule has 0 atom stereocenters. The molecule has 1 saturated carbocycles. The van der Waals surface area contributed by atoms with E-state index in [4.69, 9.17) is 0 Å². The van der Waals surface area contributed by atoms with E-state index in [-0.39, 0.29) is 22.7 Å². The molecule has 1 aliphatic rings. The number of nitrogens with one attached hydrogen (secondary N) is 1. The lowest BCUT2D eigenvalue weighted by Crippen LogP contribution is -2.39. The average molecular weight is 405 g/mol. The predicted octanol–water partition coefficient (Wildman–Crippen LogP) is 3.73. The summed E-state index contributed by atoms with van der Waals surface area (Å²) < 4.78 is 1.45. The third-order valence-electron chi connectivity index (χ3n) is 5.93. The fraction of sp³-hybridized carbons (Fsp3) is 0.318. The molecule has 8 nitrogen and oxygen atoms in total. The molecule has 1 N–H and O–H groups in total. The molecule has 154 valence electrons. The average Bonchev–Trinajstić information content (AvgIpc) is 3.40. The summed E-state index contributed by atoms with van der Waals surface area (Å²) >= 11 is 0. The molecule has 0 unspecified atom stereocenters. The van der Waals surface area contributed by atoms with Gasteiger partial charge in [0, 0.05) is 24.1 Å². The quantitative estimate of drug-likeness (QED) is 0.497. The van der Waals surface area contributed by atoms with Crippen LogP contribution >= 0.6 is 0 Å². The number of amides is 1. The lowest BCUT2D eigenvalue weighted by atomic mass is 9.79. The number of nitrogens with zero attached hydrogens (tertiary/aromatic N) is 4. The Kier molecular flexibility index (Phi) is 5.31. The van der Waals surface area contributed by atoms with E-state index in [0.717, 1.165) is 25.7 Å². The Morgan fingerprint density at radius 1 is 1.17 bits per heavy atom. The van der Waals surface area contributed by atoms with Crippen molar-refractivity contribution in [3.8, 4) is 5.69 Å². The Hall–Kier alpha value is -3.55. The highest BCUT2D eigenvalue weighted by Gasteiger charge is 2.36. The highest BCUT2D eigenvalue weighted by atomic mass is 16.6. The topological polar surface area (TPSA) is 103 Å². The summed E-state index contributed by atoms with van der Waals surface area (Å²) in [4.78, 5) is 23.5. The summed E-state index contributed by atoms with van der Waals surface area (Å²) in [5.41, 5.74) is 2.40. The summed E-state index contributed by atoms with van der Waals surface area (Å²) in [7, 11) is 0. The van der Waals surface area contributed by atoms with Gasteiger partial charge in [-0.25, -0.2) is 4.68 Å². The molecular formula is C22H23N5O3. The number of carbonyl (C=O) groups excluding carboxylic acids is 1. The van der Waals surface area contributed by atoms with Crippen LogP contribution in [0.1, 0.15) is 47.4 Å². The largest absolute Gasteiger partial charge is 0.350 e. The number of hydrogen-bond acceptors (Lipinski definition) is 5. The van der Waals surface area contributed by atoms with Crippen LogP contribution in [0, 0.1) is 17.0 Å². The summed E-state index contributed by atoms with van der Waals surface area (Å²) in [6.45, 7) is 2.27. The van der Waals surface area contributed by atoms with Crippen LogP contribution in [-0.4, -0.2) is 32.4 Å². The number of non-ortho nitro benzene ring substituents is 1. The van der Waals surface area contributed by atoms with Crippen LogP contribution in [0.3, 0.4) is 0 Å². The van der Waals surface area contributed by atoms with E-state index < -0.39 is 4.92 Å². The van der Waals surface area contributed by atoms with Gasteiger partial charge in [0.15, 0.2) is 5.69 Å². The molecule has 1 heterocycles. The maximum absolute atomic E-state index is 12.9. The maximum Gasteiger partial charge on any atom is 0.273 e. The number of aromatic nitrogens is 3. The second-order valence-electron chi connectivity index (χ2n) is 7.75. The molecular weight excluding hydrogens is 382 g/mol. The zero-order chi connectivity index (χ0) is 21.1. The molecule has 0 aliphatic heterocycles. The molecule has 4 rings (SSSR count). The van der Waals surface area contributed by atoms with Crippen LogP contribution in [0.2, 0.25) is 0 Å². The van der Waals surface area contributed by atoms with Crippen molar-refractivity contribution in [1.82, 2.24) is 20.3 Å². The van der Waals surface area contributed by atoms with Crippen molar-refractivity contribution >= 4 is 11.6 Å². The molecule has 1 amide bonds. The van der Waals surface area contributed by atoms with Crippen LogP contribution in [0.25, 0.3) is 5.69 Å². The lowest BCUT2D eigenvalue weighted by Gasteiger charge is -2.30. The fourth-order valence-corrected chi connectivity index (χ4v) is 4.27. The monoisotopic (exact) mass is 405 g/mol. The number of nitro groups is 1. The van der Waals surface area contributed by atoms with Crippen LogP contribution in [0.15, 0.2) is 54.6 Å². The fourth-order valence-electron chi connectivity index (χ4n) is 4.27. The van der Waals surface area contributed by atoms with Gasteiger partial charge in [-0.15, -0.1) is 5.10 Å². The van der Waals surface area contributed by atoms with Gasteiger partial charge in [0.05, 0.1) is 16.3 Å². The van der Waals surface area contributed by atoms with E-state index in [0.29, 0.717) is 17.9 Å². The SMILES string of the molecule is Cc1c(C(=O)NCC2(c3ccccc3)CCCC2)nnn1-c1cccc([N+](=O)[O-])c1. The van der Waals surface area contributed by atoms with E-state index >= 15 is 0 Å². The number of rotatable bonds is 6. The Morgan fingerprint density at radius 2 is 1.90 bits per heavy atom. The minimum absolute atomic E-state index is 0.0422. The van der Waals surface area contributed by atoms with Crippen molar-refractivity contribution in [3.05, 3.63) is 81.7 Å². The van der Waals surface area contributed by atoms with Gasteiger partial charge in [-0.1, -0.05) is 54.5 Å². The van der Waals surface area contributed by atoms with Gasteiger partial charge in [-0.3, -0.25) is 14.9 Å². The van der Waals surface area contributed by atoms with Crippen molar-refractivity contribution < 1.29 is 9.72 Å². The minimum atomic E-state index is -0.464. The van der Waals surface area contributed by atoms with E-state index in [9.17, 15) is 14.9 Å².